The van der Waals surface area contributed by atoms with E-state index in [4.69, 9.17) is 5.73 Å². The Labute approximate surface area is 114 Å². The van der Waals surface area contributed by atoms with Gasteiger partial charge in [-0.05, 0) is 24.5 Å². The molecule has 1 aliphatic rings. The first kappa shape index (κ1) is 14.3. The predicted octanol–water partition coefficient (Wildman–Crippen LogP) is 2.42. The Morgan fingerprint density at radius 1 is 1.26 bits per heavy atom. The van der Waals surface area contributed by atoms with E-state index in [1.807, 2.05) is 11.0 Å². The Balaban J connectivity index is 2.32. The largest absolute Gasteiger partial charge is 0.395 e. The summed E-state index contributed by atoms with van der Waals surface area (Å²) in [6.07, 6.45) is 5.75. The average molecular weight is 266 g/mol. The van der Waals surface area contributed by atoms with Crippen LogP contribution in [0.4, 0.5) is 10.1 Å². The molecule has 1 aliphatic carbocycles. The molecule has 0 unspecified atom stereocenters. The molecule has 1 saturated carbocycles. The minimum Gasteiger partial charge on any atom is -0.395 e. The summed E-state index contributed by atoms with van der Waals surface area (Å²) in [5.41, 5.74) is 7.13. The number of anilines is 1. The van der Waals surface area contributed by atoms with Crippen molar-refractivity contribution < 1.29 is 9.50 Å². The van der Waals surface area contributed by atoms with Gasteiger partial charge in [0.25, 0.3) is 0 Å². The van der Waals surface area contributed by atoms with Crippen molar-refractivity contribution in [2.45, 2.75) is 44.7 Å². The van der Waals surface area contributed by atoms with Crippen LogP contribution >= 0.6 is 0 Å². The first-order valence-corrected chi connectivity index (χ1v) is 7.13. The predicted molar refractivity (Wildman–Crippen MR) is 75.6 cm³/mol. The zero-order chi connectivity index (χ0) is 13.7. The Kier molecular flexibility index (Phi) is 5.16. The summed E-state index contributed by atoms with van der Waals surface area (Å²) in [4.78, 5) is 2.02. The second-order valence-electron chi connectivity index (χ2n) is 5.16. The lowest BCUT2D eigenvalue weighted by Gasteiger charge is -2.37. The van der Waals surface area contributed by atoms with Crippen molar-refractivity contribution in [2.75, 3.05) is 18.1 Å². The minimum absolute atomic E-state index is 0.0366. The Morgan fingerprint density at radius 3 is 2.63 bits per heavy atom. The second-order valence-corrected chi connectivity index (χ2v) is 5.16. The third kappa shape index (κ3) is 3.25. The molecule has 1 fully saturated rings. The van der Waals surface area contributed by atoms with Crippen molar-refractivity contribution >= 4 is 5.69 Å². The summed E-state index contributed by atoms with van der Waals surface area (Å²) in [5, 5.41) is 9.29. The maximum Gasteiger partial charge on any atom is 0.146 e. The van der Waals surface area contributed by atoms with Gasteiger partial charge in [0, 0.05) is 19.1 Å². The summed E-state index contributed by atoms with van der Waals surface area (Å²) < 4.78 is 14.2. The normalized spacial score (nSPS) is 16.6. The van der Waals surface area contributed by atoms with E-state index in [-0.39, 0.29) is 12.4 Å². The Hall–Kier alpha value is -1.13. The first-order valence-electron chi connectivity index (χ1n) is 7.13. The summed E-state index contributed by atoms with van der Waals surface area (Å²) in [7, 11) is 0. The molecule has 1 aromatic carbocycles. The van der Waals surface area contributed by atoms with E-state index in [9.17, 15) is 9.50 Å². The Morgan fingerprint density at radius 2 is 2.00 bits per heavy atom. The standard InChI is InChI=1S/C15H23FN2O/c16-14-8-4-5-12(11-17)15(14)18(9-10-19)13-6-2-1-3-7-13/h4-5,8,13,19H,1-3,6-7,9-11,17H2. The van der Waals surface area contributed by atoms with Crippen molar-refractivity contribution in [1.29, 1.82) is 0 Å². The molecule has 0 aliphatic heterocycles. The van der Waals surface area contributed by atoms with Gasteiger partial charge in [-0.2, -0.15) is 0 Å². The number of benzene rings is 1. The van der Waals surface area contributed by atoms with Gasteiger partial charge in [-0.1, -0.05) is 31.4 Å². The fourth-order valence-corrected chi connectivity index (χ4v) is 3.02. The highest BCUT2D eigenvalue weighted by molar-refractivity contribution is 5.55. The molecule has 0 atom stereocenters. The molecule has 4 heteroatoms. The summed E-state index contributed by atoms with van der Waals surface area (Å²) in [5.74, 6) is -0.234. The lowest BCUT2D eigenvalue weighted by molar-refractivity contribution is 0.289. The van der Waals surface area contributed by atoms with Crippen LogP contribution in [0.25, 0.3) is 0 Å². The second kappa shape index (κ2) is 6.87. The van der Waals surface area contributed by atoms with Crippen molar-refractivity contribution in [3.63, 3.8) is 0 Å². The Bertz CT molecular complexity index is 405. The van der Waals surface area contributed by atoms with Crippen molar-refractivity contribution in [3.05, 3.63) is 29.6 Å². The van der Waals surface area contributed by atoms with Crippen LogP contribution in [0.2, 0.25) is 0 Å². The molecule has 0 radical (unpaired) electrons. The number of hydrogen-bond donors (Lipinski definition) is 2. The molecule has 3 N–H and O–H groups in total. The summed E-state index contributed by atoms with van der Waals surface area (Å²) in [6.45, 7) is 0.829. The van der Waals surface area contributed by atoms with E-state index >= 15 is 0 Å². The van der Waals surface area contributed by atoms with E-state index in [0.29, 0.717) is 24.8 Å². The van der Waals surface area contributed by atoms with Crippen LogP contribution in [0.5, 0.6) is 0 Å². The molecule has 0 bridgehead atoms. The van der Waals surface area contributed by atoms with E-state index in [1.54, 1.807) is 6.07 Å². The van der Waals surface area contributed by atoms with Gasteiger partial charge in [-0.15, -0.1) is 0 Å². The highest BCUT2D eigenvalue weighted by atomic mass is 19.1. The smallest absolute Gasteiger partial charge is 0.146 e. The van der Waals surface area contributed by atoms with Crippen LogP contribution in [0.1, 0.15) is 37.7 Å². The molecule has 3 nitrogen and oxygen atoms in total. The van der Waals surface area contributed by atoms with Gasteiger partial charge in [-0.3, -0.25) is 0 Å². The maximum absolute atomic E-state index is 14.2. The zero-order valence-corrected chi connectivity index (χ0v) is 11.3. The summed E-state index contributed by atoms with van der Waals surface area (Å²) in [6, 6.07) is 5.36. The molecule has 1 aromatic rings. The van der Waals surface area contributed by atoms with Gasteiger partial charge >= 0.3 is 0 Å². The lowest BCUT2D eigenvalue weighted by Crippen LogP contribution is -2.40. The van der Waals surface area contributed by atoms with E-state index in [1.165, 1.54) is 25.3 Å². The van der Waals surface area contributed by atoms with Gasteiger partial charge < -0.3 is 15.7 Å². The topological polar surface area (TPSA) is 49.5 Å². The highest BCUT2D eigenvalue weighted by Crippen LogP contribution is 2.31. The van der Waals surface area contributed by atoms with Gasteiger partial charge in [-0.25, -0.2) is 4.39 Å². The fraction of sp³-hybridized carbons (Fsp3) is 0.600. The lowest BCUT2D eigenvalue weighted by atomic mass is 9.93. The number of halogens is 1. The molecular formula is C15H23FN2O. The number of aliphatic hydroxyl groups is 1. The number of nitrogens with zero attached hydrogens (tertiary/aromatic N) is 1. The molecule has 2 rings (SSSR count). The number of hydrogen-bond acceptors (Lipinski definition) is 3. The van der Waals surface area contributed by atoms with E-state index in [2.05, 4.69) is 0 Å². The van der Waals surface area contributed by atoms with Gasteiger partial charge in [0.15, 0.2) is 0 Å². The van der Waals surface area contributed by atoms with Crippen LogP contribution in [0, 0.1) is 5.82 Å². The van der Waals surface area contributed by atoms with E-state index < -0.39 is 0 Å². The van der Waals surface area contributed by atoms with Crippen LogP contribution in [-0.4, -0.2) is 24.3 Å². The third-order valence-electron chi connectivity index (χ3n) is 3.93. The van der Waals surface area contributed by atoms with Crippen LogP contribution in [-0.2, 0) is 6.54 Å². The fourth-order valence-electron chi connectivity index (χ4n) is 3.02. The summed E-state index contributed by atoms with van der Waals surface area (Å²) >= 11 is 0. The molecule has 0 saturated heterocycles. The van der Waals surface area contributed by atoms with Crippen LogP contribution in [0.3, 0.4) is 0 Å². The monoisotopic (exact) mass is 266 g/mol. The van der Waals surface area contributed by atoms with Gasteiger partial charge in [0.1, 0.15) is 5.82 Å². The molecular weight excluding hydrogens is 243 g/mol. The van der Waals surface area contributed by atoms with Gasteiger partial charge in [0.2, 0.25) is 0 Å². The number of aliphatic hydroxyl groups excluding tert-OH is 1. The molecule has 106 valence electrons. The average Bonchev–Trinajstić information content (AvgIpc) is 2.46. The number of rotatable bonds is 5. The van der Waals surface area contributed by atoms with Crippen molar-refractivity contribution in [3.8, 4) is 0 Å². The SMILES string of the molecule is NCc1cccc(F)c1N(CCO)C1CCCCC1. The maximum atomic E-state index is 14.2. The molecule has 0 aromatic heterocycles. The zero-order valence-electron chi connectivity index (χ0n) is 11.3. The molecule has 0 amide bonds. The number of para-hydroxylation sites is 1. The minimum atomic E-state index is -0.234. The molecule has 0 heterocycles. The highest BCUT2D eigenvalue weighted by Gasteiger charge is 2.24. The molecule has 19 heavy (non-hydrogen) atoms. The van der Waals surface area contributed by atoms with Crippen molar-refractivity contribution in [1.82, 2.24) is 0 Å². The quantitative estimate of drug-likeness (QED) is 0.860. The van der Waals surface area contributed by atoms with Crippen molar-refractivity contribution in [2.24, 2.45) is 5.73 Å². The van der Waals surface area contributed by atoms with E-state index in [0.717, 1.165) is 18.4 Å². The van der Waals surface area contributed by atoms with Gasteiger partial charge in [0.05, 0.1) is 12.3 Å². The van der Waals surface area contributed by atoms with Crippen LogP contribution in [0.15, 0.2) is 18.2 Å². The van der Waals surface area contributed by atoms with Crippen LogP contribution < -0.4 is 10.6 Å². The third-order valence-corrected chi connectivity index (χ3v) is 3.93. The number of nitrogens with two attached hydrogens (primary N) is 1. The first-order chi connectivity index (χ1) is 9.27. The molecule has 0 spiro atoms.